The lowest BCUT2D eigenvalue weighted by molar-refractivity contribution is -0.134. The predicted octanol–water partition coefficient (Wildman–Crippen LogP) is 0.586. The molecule has 0 bridgehead atoms. The lowest BCUT2D eigenvalue weighted by Gasteiger charge is -2.33. The molecule has 4 N–H and O–H groups in total. The maximum Gasteiger partial charge on any atom is 0.328 e. The number of β-amino-alcohol motifs (C(OH)–C–C–N with tert-alkyl or cyclic N) is 1. The van der Waals surface area contributed by atoms with Gasteiger partial charge in [0.15, 0.2) is 0 Å². The highest BCUT2D eigenvalue weighted by atomic mass is 16.5. The van der Waals surface area contributed by atoms with Crippen LogP contribution in [0.3, 0.4) is 0 Å². The second kappa shape index (κ2) is 9.94. The van der Waals surface area contributed by atoms with Gasteiger partial charge >= 0.3 is 11.9 Å². The van der Waals surface area contributed by atoms with E-state index in [1.54, 1.807) is 0 Å². The maximum atomic E-state index is 9.55. The number of ether oxygens (including phenoxy) is 1. The molecule has 0 spiro atoms. The molecule has 0 fully saturated rings. The first-order chi connectivity index (χ1) is 12.9. The van der Waals surface area contributed by atoms with E-state index in [1.807, 2.05) is 0 Å². The molecule has 0 aromatic heterocycles. The molecule has 27 heavy (non-hydrogen) atoms. The van der Waals surface area contributed by atoms with Crippen molar-refractivity contribution in [2.45, 2.75) is 19.8 Å². The number of aliphatic hydroxyl groups excluding tert-OH is 1. The fourth-order valence-electron chi connectivity index (χ4n) is 3.38. The quantitative estimate of drug-likeness (QED) is 0.562. The van der Waals surface area contributed by atoms with Gasteiger partial charge in [-0.05, 0) is 55.6 Å². The van der Waals surface area contributed by atoms with Crippen LogP contribution in [-0.4, -0.2) is 66.7 Å². The summed E-state index contributed by atoms with van der Waals surface area (Å²) in [5.41, 5.74) is 5.43. The summed E-state index contributed by atoms with van der Waals surface area (Å²) in [6.45, 7) is 6.75. The molecule has 1 aromatic carbocycles. The summed E-state index contributed by atoms with van der Waals surface area (Å²) in [7, 11) is 0. The van der Waals surface area contributed by atoms with Crippen LogP contribution in [0, 0.1) is 6.92 Å². The first-order valence-electron chi connectivity index (χ1n) is 8.92. The van der Waals surface area contributed by atoms with Crippen LogP contribution in [0.4, 0.5) is 5.69 Å². The number of carboxylic acid groups (broad SMARTS) is 2. The van der Waals surface area contributed by atoms with Crippen molar-refractivity contribution < 1.29 is 29.6 Å². The fourth-order valence-corrected chi connectivity index (χ4v) is 3.38. The van der Waals surface area contributed by atoms with Crippen molar-refractivity contribution in [2.75, 3.05) is 44.3 Å². The number of aliphatic hydroxyl groups is 1. The Morgan fingerprint density at radius 2 is 1.89 bits per heavy atom. The molecular weight excluding hydrogens is 352 g/mol. The molecule has 2 heterocycles. The van der Waals surface area contributed by atoms with Gasteiger partial charge < -0.3 is 30.3 Å². The minimum absolute atomic E-state index is 0.192. The SMILES string of the molecule is Cc1c2c(cc3c1N(CCO)CCO3)CCNCC2.O=C(O)/C=C/C(=O)O. The number of carboxylic acids is 2. The van der Waals surface area contributed by atoms with Crippen LogP contribution < -0.4 is 15.0 Å². The zero-order chi connectivity index (χ0) is 19.8. The van der Waals surface area contributed by atoms with E-state index in [4.69, 9.17) is 14.9 Å². The number of carbonyl (C=O) groups is 2. The number of hydrogen-bond donors (Lipinski definition) is 4. The first-order valence-corrected chi connectivity index (χ1v) is 8.92. The molecule has 0 amide bonds. The zero-order valence-corrected chi connectivity index (χ0v) is 15.4. The first kappa shape index (κ1) is 20.7. The lowest BCUT2D eigenvalue weighted by Crippen LogP contribution is -2.35. The largest absolute Gasteiger partial charge is 0.490 e. The van der Waals surface area contributed by atoms with Crippen molar-refractivity contribution in [2.24, 2.45) is 0 Å². The minimum Gasteiger partial charge on any atom is -0.490 e. The van der Waals surface area contributed by atoms with E-state index in [1.165, 1.54) is 22.4 Å². The molecule has 0 aliphatic carbocycles. The summed E-state index contributed by atoms with van der Waals surface area (Å²) in [4.78, 5) is 21.4. The van der Waals surface area contributed by atoms with Gasteiger partial charge in [-0.2, -0.15) is 0 Å². The number of fused-ring (bicyclic) bond motifs is 2. The summed E-state index contributed by atoms with van der Waals surface area (Å²) >= 11 is 0. The molecule has 148 valence electrons. The molecule has 2 aliphatic heterocycles. The Bertz CT molecular complexity index is 701. The Labute approximate surface area is 158 Å². The van der Waals surface area contributed by atoms with Gasteiger partial charge in [0.2, 0.25) is 0 Å². The molecule has 0 unspecified atom stereocenters. The molecule has 0 atom stereocenters. The monoisotopic (exact) mass is 378 g/mol. The van der Waals surface area contributed by atoms with Crippen LogP contribution in [-0.2, 0) is 22.4 Å². The molecule has 0 saturated carbocycles. The summed E-state index contributed by atoms with van der Waals surface area (Å²) < 4.78 is 5.84. The predicted molar refractivity (Wildman–Crippen MR) is 101 cm³/mol. The molecule has 1 aromatic rings. The van der Waals surface area contributed by atoms with Crippen LogP contribution >= 0.6 is 0 Å². The van der Waals surface area contributed by atoms with Crippen LogP contribution in [0.15, 0.2) is 18.2 Å². The van der Waals surface area contributed by atoms with Crippen LogP contribution in [0.1, 0.15) is 16.7 Å². The lowest BCUT2D eigenvalue weighted by atomic mass is 9.94. The van der Waals surface area contributed by atoms with E-state index in [9.17, 15) is 14.7 Å². The standard InChI is InChI=1S/C15H22N2O2.C4H4O4/c1-11-13-3-5-16-4-2-12(13)10-14-15(11)17(6-8-18)7-9-19-14;5-3(6)1-2-4(7)8/h10,16,18H,2-9H2,1H3;1-2H,(H,5,6)(H,7,8)/b;2-1+. The third-order valence-electron chi connectivity index (χ3n) is 4.53. The van der Waals surface area contributed by atoms with E-state index in [0.717, 1.165) is 38.2 Å². The average molecular weight is 378 g/mol. The number of nitrogens with zero attached hydrogens (tertiary/aromatic N) is 1. The van der Waals surface area contributed by atoms with Gasteiger partial charge in [0, 0.05) is 18.7 Å². The third-order valence-corrected chi connectivity index (χ3v) is 4.53. The Balaban J connectivity index is 0.000000279. The van der Waals surface area contributed by atoms with Gasteiger partial charge in [0.25, 0.3) is 0 Å². The number of rotatable bonds is 4. The van der Waals surface area contributed by atoms with E-state index in [-0.39, 0.29) is 6.61 Å². The minimum atomic E-state index is -1.26. The van der Waals surface area contributed by atoms with Gasteiger partial charge in [-0.3, -0.25) is 0 Å². The van der Waals surface area contributed by atoms with E-state index < -0.39 is 11.9 Å². The topological polar surface area (TPSA) is 119 Å². The summed E-state index contributed by atoms with van der Waals surface area (Å²) in [6, 6.07) is 2.22. The van der Waals surface area contributed by atoms with Gasteiger partial charge in [0.05, 0.1) is 18.8 Å². The van der Waals surface area contributed by atoms with E-state index in [2.05, 4.69) is 23.2 Å². The number of nitrogens with one attached hydrogen (secondary N) is 1. The molecular formula is C19H26N2O6. The summed E-state index contributed by atoms with van der Waals surface area (Å²) in [6.07, 6.45) is 3.28. The number of hydrogen-bond acceptors (Lipinski definition) is 6. The van der Waals surface area contributed by atoms with E-state index >= 15 is 0 Å². The summed E-state index contributed by atoms with van der Waals surface area (Å²) in [5.74, 6) is -1.52. The average Bonchev–Trinajstić information content (AvgIpc) is 2.87. The smallest absolute Gasteiger partial charge is 0.328 e. The zero-order valence-electron chi connectivity index (χ0n) is 15.4. The second-order valence-corrected chi connectivity index (χ2v) is 6.30. The van der Waals surface area contributed by atoms with Crippen LogP contribution in [0.2, 0.25) is 0 Å². The molecule has 3 rings (SSSR count). The van der Waals surface area contributed by atoms with Crippen LogP contribution in [0.25, 0.3) is 0 Å². The van der Waals surface area contributed by atoms with Crippen LogP contribution in [0.5, 0.6) is 5.75 Å². The molecule has 8 nitrogen and oxygen atoms in total. The van der Waals surface area contributed by atoms with Gasteiger partial charge in [-0.25, -0.2) is 9.59 Å². The molecule has 8 heteroatoms. The molecule has 0 radical (unpaired) electrons. The Hall–Kier alpha value is -2.58. The highest BCUT2D eigenvalue weighted by Crippen LogP contribution is 2.39. The number of aliphatic carboxylic acids is 2. The highest BCUT2D eigenvalue weighted by Gasteiger charge is 2.24. The normalized spacial score (nSPS) is 15.7. The van der Waals surface area contributed by atoms with Gasteiger partial charge in [-0.15, -0.1) is 0 Å². The van der Waals surface area contributed by atoms with Crippen molar-refractivity contribution >= 4 is 17.6 Å². The Kier molecular flexibility index (Phi) is 7.63. The molecule has 0 saturated heterocycles. The summed E-state index contributed by atoms with van der Waals surface area (Å²) in [5, 5.41) is 28.3. The number of benzene rings is 1. The number of anilines is 1. The Morgan fingerprint density at radius 3 is 2.52 bits per heavy atom. The van der Waals surface area contributed by atoms with Crippen molar-refractivity contribution in [1.82, 2.24) is 5.32 Å². The van der Waals surface area contributed by atoms with E-state index in [0.29, 0.717) is 25.3 Å². The second-order valence-electron chi connectivity index (χ2n) is 6.30. The third kappa shape index (κ3) is 5.70. The highest BCUT2D eigenvalue weighted by molar-refractivity contribution is 5.89. The Morgan fingerprint density at radius 1 is 1.22 bits per heavy atom. The van der Waals surface area contributed by atoms with Crippen molar-refractivity contribution in [1.29, 1.82) is 0 Å². The maximum absolute atomic E-state index is 9.55. The molecule has 2 aliphatic rings. The van der Waals surface area contributed by atoms with Gasteiger partial charge in [0.1, 0.15) is 12.4 Å². The fraction of sp³-hybridized carbons (Fsp3) is 0.474. The van der Waals surface area contributed by atoms with Crippen molar-refractivity contribution in [3.8, 4) is 5.75 Å². The van der Waals surface area contributed by atoms with Crippen molar-refractivity contribution in [3.63, 3.8) is 0 Å². The van der Waals surface area contributed by atoms with Crippen molar-refractivity contribution in [3.05, 3.63) is 34.9 Å². The van der Waals surface area contributed by atoms with Gasteiger partial charge in [-0.1, -0.05) is 0 Å².